The maximum absolute atomic E-state index is 12.5. The second kappa shape index (κ2) is 13.4. The van der Waals surface area contributed by atoms with Crippen LogP contribution in [0.5, 0.6) is 5.75 Å². The molecule has 0 aliphatic carbocycles. The van der Waals surface area contributed by atoms with Gasteiger partial charge in [-0.2, -0.15) is 0 Å². The highest BCUT2D eigenvalue weighted by atomic mass is 16.5. The number of hydrogen-bond acceptors (Lipinski definition) is 7. The van der Waals surface area contributed by atoms with Crippen molar-refractivity contribution >= 4 is 22.9 Å². The second-order valence-corrected chi connectivity index (χ2v) is 6.90. The van der Waals surface area contributed by atoms with Crippen molar-refractivity contribution < 1.29 is 34.1 Å². The van der Waals surface area contributed by atoms with Crippen LogP contribution >= 0.6 is 0 Å². The third-order valence-electron chi connectivity index (χ3n) is 4.25. The van der Waals surface area contributed by atoms with E-state index in [1.165, 1.54) is 6.07 Å². The van der Waals surface area contributed by atoms with Gasteiger partial charge in [0.05, 0.1) is 5.39 Å². The standard InChI is InChI=1S/C21H21NO4.C4H4O4/c1-2-11-22-13-16(23)14-25-19-10-6-9-17-18(24)12-20(26-21(17)19)15-7-4-3-5-8-15;5-3(6)1-2-4(7)8/h2-10,12,16,22-23H,1,11,13-14H2;1-2H,(H,5,6)(H,7,8). The Labute approximate surface area is 195 Å². The van der Waals surface area contributed by atoms with Gasteiger partial charge in [0.25, 0.3) is 0 Å². The lowest BCUT2D eigenvalue weighted by atomic mass is 10.1. The van der Waals surface area contributed by atoms with E-state index in [1.807, 2.05) is 30.3 Å². The number of para-hydroxylation sites is 1. The monoisotopic (exact) mass is 467 g/mol. The van der Waals surface area contributed by atoms with Crippen molar-refractivity contribution in [2.75, 3.05) is 19.7 Å². The van der Waals surface area contributed by atoms with E-state index in [-0.39, 0.29) is 12.0 Å². The number of rotatable bonds is 10. The van der Waals surface area contributed by atoms with Gasteiger partial charge in [-0.1, -0.05) is 42.5 Å². The van der Waals surface area contributed by atoms with E-state index in [9.17, 15) is 19.5 Å². The van der Waals surface area contributed by atoms with Crippen LogP contribution in [0.3, 0.4) is 0 Å². The molecule has 0 spiro atoms. The van der Waals surface area contributed by atoms with Crippen molar-refractivity contribution in [2.24, 2.45) is 0 Å². The van der Waals surface area contributed by atoms with E-state index < -0.39 is 18.0 Å². The molecule has 3 rings (SSSR count). The van der Waals surface area contributed by atoms with Gasteiger partial charge in [-0.3, -0.25) is 4.79 Å². The molecule has 1 unspecified atom stereocenters. The predicted molar refractivity (Wildman–Crippen MR) is 127 cm³/mol. The molecule has 34 heavy (non-hydrogen) atoms. The zero-order valence-corrected chi connectivity index (χ0v) is 18.2. The second-order valence-electron chi connectivity index (χ2n) is 6.90. The SMILES string of the molecule is C=CCNCC(O)COc1cccc2c(=O)cc(-c3ccccc3)oc12.O=C(O)C=CC(=O)O. The van der Waals surface area contributed by atoms with Gasteiger partial charge in [-0.15, -0.1) is 6.58 Å². The topological polar surface area (TPSA) is 146 Å². The van der Waals surface area contributed by atoms with E-state index in [0.29, 0.717) is 47.7 Å². The normalized spacial score (nSPS) is 11.4. The molecule has 178 valence electrons. The summed E-state index contributed by atoms with van der Waals surface area (Å²) in [6.07, 6.45) is 2.15. The van der Waals surface area contributed by atoms with Gasteiger partial charge in [-0.05, 0) is 12.1 Å². The summed E-state index contributed by atoms with van der Waals surface area (Å²) in [4.78, 5) is 31.6. The molecule has 0 saturated heterocycles. The molecule has 9 heteroatoms. The Bertz CT molecular complexity index is 1180. The summed E-state index contributed by atoms with van der Waals surface area (Å²) in [5.74, 6) is -1.60. The van der Waals surface area contributed by atoms with Crippen molar-refractivity contribution in [3.8, 4) is 17.1 Å². The van der Waals surface area contributed by atoms with E-state index in [0.717, 1.165) is 5.56 Å². The summed E-state index contributed by atoms with van der Waals surface area (Å²) in [5.41, 5.74) is 1.06. The number of fused-ring (bicyclic) bond motifs is 1. The van der Waals surface area contributed by atoms with Crippen LogP contribution in [0.4, 0.5) is 0 Å². The van der Waals surface area contributed by atoms with Gasteiger partial charge < -0.3 is 29.8 Å². The van der Waals surface area contributed by atoms with Crippen molar-refractivity contribution in [1.82, 2.24) is 5.32 Å². The average molecular weight is 467 g/mol. The summed E-state index contributed by atoms with van der Waals surface area (Å²) < 4.78 is 11.7. The molecule has 0 bridgehead atoms. The van der Waals surface area contributed by atoms with Gasteiger partial charge in [0.1, 0.15) is 18.5 Å². The highest BCUT2D eigenvalue weighted by molar-refractivity contribution is 5.89. The van der Waals surface area contributed by atoms with E-state index >= 15 is 0 Å². The molecular weight excluding hydrogens is 442 g/mol. The Hall–Kier alpha value is -4.21. The van der Waals surface area contributed by atoms with E-state index in [4.69, 9.17) is 19.4 Å². The van der Waals surface area contributed by atoms with Crippen molar-refractivity contribution in [2.45, 2.75) is 6.10 Å². The zero-order chi connectivity index (χ0) is 24.9. The molecule has 0 aliphatic rings. The summed E-state index contributed by atoms with van der Waals surface area (Å²) in [5, 5.41) is 29.1. The number of carboxylic acid groups (broad SMARTS) is 2. The van der Waals surface area contributed by atoms with Crippen molar-refractivity contribution in [3.63, 3.8) is 0 Å². The molecule has 1 atom stereocenters. The molecule has 1 heterocycles. The third kappa shape index (κ3) is 8.38. The summed E-state index contributed by atoms with van der Waals surface area (Å²) in [6, 6.07) is 16.1. The molecule has 3 aromatic rings. The molecule has 0 amide bonds. The minimum atomic E-state index is -1.26. The van der Waals surface area contributed by atoms with Gasteiger partial charge in [-0.25, -0.2) is 9.59 Å². The highest BCUT2D eigenvalue weighted by Gasteiger charge is 2.13. The Kier molecular flexibility index (Phi) is 10.2. The van der Waals surface area contributed by atoms with Crippen LogP contribution in [0.1, 0.15) is 0 Å². The van der Waals surface area contributed by atoms with Crippen LogP contribution in [0.2, 0.25) is 0 Å². The van der Waals surface area contributed by atoms with E-state index in [2.05, 4.69) is 11.9 Å². The first-order valence-electron chi connectivity index (χ1n) is 10.2. The Balaban J connectivity index is 0.000000440. The smallest absolute Gasteiger partial charge is 0.328 e. The van der Waals surface area contributed by atoms with Crippen LogP contribution in [0.15, 0.2) is 88.6 Å². The fourth-order valence-electron chi connectivity index (χ4n) is 2.75. The molecule has 4 N–H and O–H groups in total. The summed E-state index contributed by atoms with van der Waals surface area (Å²) >= 11 is 0. The van der Waals surface area contributed by atoms with Crippen LogP contribution in [0, 0.1) is 0 Å². The first kappa shape index (κ1) is 26.0. The summed E-state index contributed by atoms with van der Waals surface area (Å²) in [7, 11) is 0. The quantitative estimate of drug-likeness (QED) is 0.201. The van der Waals surface area contributed by atoms with Gasteiger partial charge >= 0.3 is 11.9 Å². The molecule has 0 radical (unpaired) electrons. The lowest BCUT2D eigenvalue weighted by Gasteiger charge is -2.14. The molecule has 0 aliphatic heterocycles. The minimum Gasteiger partial charge on any atom is -0.487 e. The van der Waals surface area contributed by atoms with Crippen molar-refractivity contribution in [1.29, 1.82) is 0 Å². The van der Waals surface area contributed by atoms with E-state index in [1.54, 1.807) is 24.3 Å². The molecule has 0 fully saturated rings. The number of carbonyl (C=O) groups is 2. The first-order chi connectivity index (χ1) is 16.3. The first-order valence-corrected chi connectivity index (χ1v) is 10.2. The number of aliphatic carboxylic acids is 2. The fourth-order valence-corrected chi connectivity index (χ4v) is 2.75. The lowest BCUT2D eigenvalue weighted by Crippen LogP contribution is -2.31. The Morgan fingerprint density at radius 3 is 2.35 bits per heavy atom. The summed E-state index contributed by atoms with van der Waals surface area (Å²) in [6.45, 7) is 4.69. The fraction of sp³-hybridized carbons (Fsp3) is 0.160. The molecule has 1 aromatic heterocycles. The maximum atomic E-state index is 12.5. The maximum Gasteiger partial charge on any atom is 0.328 e. The number of benzene rings is 2. The Morgan fingerprint density at radius 1 is 1.06 bits per heavy atom. The van der Waals surface area contributed by atoms with Crippen molar-refractivity contribution in [3.05, 3.63) is 89.6 Å². The van der Waals surface area contributed by atoms with Gasteiger partial charge in [0, 0.05) is 36.9 Å². The number of ether oxygens (including phenoxy) is 1. The highest BCUT2D eigenvalue weighted by Crippen LogP contribution is 2.28. The Morgan fingerprint density at radius 2 is 1.74 bits per heavy atom. The van der Waals surface area contributed by atoms with Crippen LogP contribution < -0.4 is 15.5 Å². The number of carboxylic acids is 2. The zero-order valence-electron chi connectivity index (χ0n) is 18.2. The van der Waals surface area contributed by atoms with Crippen LogP contribution in [0.25, 0.3) is 22.3 Å². The largest absolute Gasteiger partial charge is 0.487 e. The van der Waals surface area contributed by atoms with Crippen LogP contribution in [-0.4, -0.2) is 53.1 Å². The lowest BCUT2D eigenvalue weighted by molar-refractivity contribution is -0.134. The average Bonchev–Trinajstić information content (AvgIpc) is 2.82. The number of aliphatic hydroxyl groups excluding tert-OH is 1. The van der Waals surface area contributed by atoms with Gasteiger partial charge in [0.15, 0.2) is 16.8 Å². The molecule has 9 nitrogen and oxygen atoms in total. The number of nitrogens with one attached hydrogen (secondary N) is 1. The molecular formula is C25H25NO8. The molecule has 2 aromatic carbocycles. The minimum absolute atomic E-state index is 0.0858. The van der Waals surface area contributed by atoms with Crippen LogP contribution in [-0.2, 0) is 9.59 Å². The number of hydrogen-bond donors (Lipinski definition) is 4. The predicted octanol–water partition coefficient (Wildman–Crippen LogP) is 2.69. The molecule has 0 saturated carbocycles. The third-order valence-corrected chi connectivity index (χ3v) is 4.25. The van der Waals surface area contributed by atoms with Gasteiger partial charge in [0.2, 0.25) is 0 Å². The number of aliphatic hydroxyl groups is 1.